The molecule has 0 bridgehead atoms. The molecule has 2 N–H and O–H groups in total. The number of amides is 1. The standard InChI is InChI=1S/C13H12ClN3O3S/c1-15-21(19,20)10-2-3-12(14)11(8-10)13(18)17-9-4-6-16-7-5-9/h2-8,15H,1H3,(H,16,17,18). The Balaban J connectivity index is 2.35. The summed E-state index contributed by atoms with van der Waals surface area (Å²) >= 11 is 5.96. The van der Waals surface area contributed by atoms with Gasteiger partial charge in [0.25, 0.3) is 5.91 Å². The predicted molar refractivity (Wildman–Crippen MR) is 79.9 cm³/mol. The molecule has 0 aliphatic heterocycles. The van der Waals surface area contributed by atoms with Gasteiger partial charge in [0.2, 0.25) is 10.0 Å². The highest BCUT2D eigenvalue weighted by Crippen LogP contribution is 2.21. The quantitative estimate of drug-likeness (QED) is 0.898. The number of aromatic nitrogens is 1. The van der Waals surface area contributed by atoms with Gasteiger partial charge >= 0.3 is 0 Å². The molecule has 110 valence electrons. The minimum atomic E-state index is -3.64. The Bertz CT molecular complexity index is 763. The van der Waals surface area contributed by atoms with Crippen molar-refractivity contribution >= 4 is 33.2 Å². The second-order valence-corrected chi connectivity index (χ2v) is 6.33. The minimum absolute atomic E-state index is 0.0331. The largest absolute Gasteiger partial charge is 0.322 e. The molecule has 0 radical (unpaired) electrons. The van der Waals surface area contributed by atoms with Gasteiger partial charge in [-0.2, -0.15) is 0 Å². The van der Waals surface area contributed by atoms with E-state index >= 15 is 0 Å². The Morgan fingerprint density at radius 3 is 2.48 bits per heavy atom. The highest BCUT2D eigenvalue weighted by molar-refractivity contribution is 7.89. The topological polar surface area (TPSA) is 88.2 Å². The summed E-state index contributed by atoms with van der Waals surface area (Å²) in [5, 5.41) is 2.78. The first-order valence-corrected chi connectivity index (χ1v) is 7.74. The number of hydrogen-bond donors (Lipinski definition) is 2. The molecule has 0 saturated heterocycles. The van der Waals surface area contributed by atoms with E-state index < -0.39 is 15.9 Å². The summed E-state index contributed by atoms with van der Waals surface area (Å²) in [4.78, 5) is 16.0. The van der Waals surface area contributed by atoms with Gasteiger partial charge in [0.05, 0.1) is 15.5 Å². The van der Waals surface area contributed by atoms with Gasteiger partial charge in [-0.15, -0.1) is 0 Å². The summed E-state index contributed by atoms with van der Waals surface area (Å²) < 4.78 is 25.7. The van der Waals surface area contributed by atoms with Crippen LogP contribution in [0.25, 0.3) is 0 Å². The number of rotatable bonds is 4. The van der Waals surface area contributed by atoms with Crippen LogP contribution in [0.5, 0.6) is 0 Å². The summed E-state index contributed by atoms with van der Waals surface area (Å²) in [6.45, 7) is 0. The zero-order valence-corrected chi connectivity index (χ0v) is 12.6. The second-order valence-electron chi connectivity index (χ2n) is 4.04. The molecule has 6 nitrogen and oxygen atoms in total. The fourth-order valence-electron chi connectivity index (χ4n) is 1.60. The van der Waals surface area contributed by atoms with Crippen molar-refractivity contribution in [2.75, 3.05) is 12.4 Å². The molecule has 8 heteroatoms. The summed E-state index contributed by atoms with van der Waals surface area (Å²) in [6, 6.07) is 7.15. The summed E-state index contributed by atoms with van der Waals surface area (Å²) in [7, 11) is -2.35. The average Bonchev–Trinajstić information content (AvgIpc) is 2.48. The number of hydrogen-bond acceptors (Lipinski definition) is 4. The maximum absolute atomic E-state index is 12.2. The molecular formula is C13H12ClN3O3S. The molecule has 0 spiro atoms. The minimum Gasteiger partial charge on any atom is -0.322 e. The number of benzene rings is 1. The van der Waals surface area contributed by atoms with Gasteiger partial charge in [-0.1, -0.05) is 11.6 Å². The molecule has 0 aliphatic rings. The highest BCUT2D eigenvalue weighted by Gasteiger charge is 2.17. The Morgan fingerprint density at radius 1 is 1.19 bits per heavy atom. The number of sulfonamides is 1. The van der Waals surface area contributed by atoms with Gasteiger partial charge in [0.1, 0.15) is 0 Å². The second kappa shape index (κ2) is 6.21. The van der Waals surface area contributed by atoms with Gasteiger partial charge in [-0.25, -0.2) is 13.1 Å². The van der Waals surface area contributed by atoms with Crippen LogP contribution in [0.1, 0.15) is 10.4 Å². The van der Waals surface area contributed by atoms with E-state index in [0.717, 1.165) is 0 Å². The van der Waals surface area contributed by atoms with Crippen molar-refractivity contribution in [1.82, 2.24) is 9.71 Å². The first-order chi connectivity index (χ1) is 9.94. The fourth-order valence-corrected chi connectivity index (χ4v) is 2.56. The number of carbonyl (C=O) groups is 1. The predicted octanol–water partition coefficient (Wildman–Crippen LogP) is 1.90. The molecule has 21 heavy (non-hydrogen) atoms. The van der Waals surface area contributed by atoms with Crippen LogP contribution in [0.4, 0.5) is 5.69 Å². The molecule has 2 aromatic rings. The molecule has 1 amide bonds. The van der Waals surface area contributed by atoms with Crippen LogP contribution in [-0.4, -0.2) is 26.4 Å². The first-order valence-electron chi connectivity index (χ1n) is 5.88. The van der Waals surface area contributed by atoms with Crippen molar-refractivity contribution in [2.45, 2.75) is 4.90 Å². The molecule has 0 aliphatic carbocycles. The number of pyridine rings is 1. The maximum atomic E-state index is 12.2. The summed E-state index contributed by atoms with van der Waals surface area (Å²) in [6.07, 6.45) is 3.05. The Kier molecular flexibility index (Phi) is 4.56. The van der Waals surface area contributed by atoms with Crippen LogP contribution in [-0.2, 0) is 10.0 Å². The lowest BCUT2D eigenvalue weighted by atomic mass is 10.2. The average molecular weight is 326 g/mol. The zero-order valence-electron chi connectivity index (χ0n) is 11.0. The van der Waals surface area contributed by atoms with Crippen LogP contribution < -0.4 is 10.0 Å². The van der Waals surface area contributed by atoms with Crippen molar-refractivity contribution < 1.29 is 13.2 Å². The van der Waals surface area contributed by atoms with E-state index in [1.165, 1.54) is 37.6 Å². The van der Waals surface area contributed by atoms with Crippen LogP contribution in [0.15, 0.2) is 47.6 Å². The molecule has 2 rings (SSSR count). The Labute approximate surface area is 127 Å². The van der Waals surface area contributed by atoms with E-state index in [0.29, 0.717) is 5.69 Å². The zero-order chi connectivity index (χ0) is 15.5. The van der Waals surface area contributed by atoms with Crippen LogP contribution in [0, 0.1) is 0 Å². The molecule has 0 atom stereocenters. The molecule has 1 heterocycles. The van der Waals surface area contributed by atoms with Crippen molar-refractivity contribution in [2.24, 2.45) is 0 Å². The maximum Gasteiger partial charge on any atom is 0.257 e. The van der Waals surface area contributed by atoms with E-state index in [2.05, 4.69) is 15.0 Å². The molecular weight excluding hydrogens is 314 g/mol. The van der Waals surface area contributed by atoms with Crippen molar-refractivity contribution in [1.29, 1.82) is 0 Å². The van der Waals surface area contributed by atoms with E-state index in [1.807, 2.05) is 0 Å². The van der Waals surface area contributed by atoms with Gasteiger partial charge in [0.15, 0.2) is 0 Å². The van der Waals surface area contributed by atoms with E-state index in [-0.39, 0.29) is 15.5 Å². The van der Waals surface area contributed by atoms with Gasteiger partial charge < -0.3 is 5.32 Å². The Morgan fingerprint density at radius 2 is 1.86 bits per heavy atom. The number of halogens is 1. The monoisotopic (exact) mass is 325 g/mol. The molecule has 1 aromatic carbocycles. The number of carbonyl (C=O) groups excluding carboxylic acids is 1. The van der Waals surface area contributed by atoms with E-state index in [9.17, 15) is 13.2 Å². The third-order valence-electron chi connectivity index (χ3n) is 2.70. The number of anilines is 1. The number of nitrogens with zero attached hydrogens (tertiary/aromatic N) is 1. The lowest BCUT2D eigenvalue weighted by molar-refractivity contribution is 0.102. The van der Waals surface area contributed by atoms with Crippen LogP contribution in [0.2, 0.25) is 5.02 Å². The van der Waals surface area contributed by atoms with Gasteiger partial charge in [-0.05, 0) is 37.4 Å². The number of nitrogens with one attached hydrogen (secondary N) is 2. The van der Waals surface area contributed by atoms with E-state index in [4.69, 9.17) is 11.6 Å². The summed E-state index contributed by atoms with van der Waals surface area (Å²) in [5.41, 5.74) is 0.609. The van der Waals surface area contributed by atoms with Gasteiger partial charge in [0, 0.05) is 18.1 Å². The third kappa shape index (κ3) is 3.57. The third-order valence-corrected chi connectivity index (χ3v) is 4.44. The van der Waals surface area contributed by atoms with Crippen LogP contribution >= 0.6 is 11.6 Å². The van der Waals surface area contributed by atoms with Gasteiger partial charge in [-0.3, -0.25) is 9.78 Å². The lowest BCUT2D eigenvalue weighted by Gasteiger charge is -2.09. The molecule has 1 aromatic heterocycles. The molecule has 0 saturated carbocycles. The Hall–Kier alpha value is -1.96. The summed E-state index contributed by atoms with van der Waals surface area (Å²) in [5.74, 6) is -0.501. The van der Waals surface area contributed by atoms with Crippen molar-refractivity contribution in [3.63, 3.8) is 0 Å². The normalized spacial score (nSPS) is 11.1. The molecule has 0 unspecified atom stereocenters. The van der Waals surface area contributed by atoms with Crippen molar-refractivity contribution in [3.05, 3.63) is 53.3 Å². The lowest BCUT2D eigenvalue weighted by Crippen LogP contribution is -2.20. The van der Waals surface area contributed by atoms with E-state index in [1.54, 1.807) is 12.1 Å². The highest BCUT2D eigenvalue weighted by atomic mass is 35.5. The molecule has 0 fully saturated rings. The van der Waals surface area contributed by atoms with Crippen molar-refractivity contribution in [3.8, 4) is 0 Å². The first kappa shape index (κ1) is 15.4. The van der Waals surface area contributed by atoms with Crippen LogP contribution in [0.3, 0.4) is 0 Å². The SMILES string of the molecule is CNS(=O)(=O)c1ccc(Cl)c(C(=O)Nc2ccncc2)c1. The smallest absolute Gasteiger partial charge is 0.257 e. The fraction of sp³-hybridized carbons (Fsp3) is 0.0769.